The molecule has 1 aromatic rings. The van der Waals surface area contributed by atoms with Gasteiger partial charge in [0.05, 0.1) is 11.4 Å². The molecule has 0 fully saturated rings. The predicted molar refractivity (Wildman–Crippen MR) is 69.4 cm³/mol. The van der Waals surface area contributed by atoms with E-state index >= 15 is 0 Å². The maximum Gasteiger partial charge on any atom is 0.232 e. The van der Waals surface area contributed by atoms with Crippen molar-refractivity contribution in [2.75, 3.05) is 17.0 Å². The number of pyridine rings is 1. The van der Waals surface area contributed by atoms with Crippen molar-refractivity contribution in [2.24, 2.45) is 0 Å². The first-order valence-corrected chi connectivity index (χ1v) is 7.29. The molecule has 0 saturated heterocycles. The number of rotatable bonds is 7. The second kappa shape index (κ2) is 6.56. The second-order valence-electron chi connectivity index (χ2n) is 4.12. The number of nitrogens with zero attached hydrogens (tertiary/aromatic N) is 1. The SMILES string of the molecule is CC(C)NCCCS(=O)(=O)Nc1ccncc1. The zero-order valence-electron chi connectivity index (χ0n) is 10.2. The molecule has 0 unspecified atom stereocenters. The molecule has 0 aliphatic rings. The lowest BCUT2D eigenvalue weighted by Crippen LogP contribution is -2.26. The van der Waals surface area contributed by atoms with Crippen molar-refractivity contribution in [2.45, 2.75) is 26.3 Å². The highest BCUT2D eigenvalue weighted by Crippen LogP contribution is 2.06. The molecule has 1 heterocycles. The Morgan fingerprint density at radius 1 is 1.29 bits per heavy atom. The minimum atomic E-state index is -3.25. The number of anilines is 1. The summed E-state index contributed by atoms with van der Waals surface area (Å²) in [4.78, 5) is 3.83. The summed E-state index contributed by atoms with van der Waals surface area (Å²) in [5, 5.41) is 3.18. The Hall–Kier alpha value is -1.14. The first kappa shape index (κ1) is 13.9. The van der Waals surface area contributed by atoms with Gasteiger partial charge in [-0.3, -0.25) is 9.71 Å². The summed E-state index contributed by atoms with van der Waals surface area (Å²) in [6.07, 6.45) is 3.70. The molecule has 0 saturated carbocycles. The van der Waals surface area contributed by atoms with Crippen LogP contribution in [0.25, 0.3) is 0 Å². The van der Waals surface area contributed by atoms with Crippen LogP contribution in [0, 0.1) is 0 Å². The van der Waals surface area contributed by atoms with Gasteiger partial charge in [-0.15, -0.1) is 0 Å². The van der Waals surface area contributed by atoms with E-state index in [2.05, 4.69) is 15.0 Å². The van der Waals surface area contributed by atoms with Gasteiger partial charge in [0.25, 0.3) is 0 Å². The quantitative estimate of drug-likeness (QED) is 0.720. The van der Waals surface area contributed by atoms with Crippen molar-refractivity contribution < 1.29 is 8.42 Å². The van der Waals surface area contributed by atoms with E-state index in [9.17, 15) is 8.42 Å². The third-order valence-electron chi connectivity index (χ3n) is 2.10. The Balaban J connectivity index is 2.37. The van der Waals surface area contributed by atoms with Gasteiger partial charge in [0, 0.05) is 18.4 Å². The van der Waals surface area contributed by atoms with Crippen LogP contribution in [0.1, 0.15) is 20.3 Å². The van der Waals surface area contributed by atoms with E-state index in [1.807, 2.05) is 13.8 Å². The fraction of sp³-hybridized carbons (Fsp3) is 0.545. The largest absolute Gasteiger partial charge is 0.314 e. The van der Waals surface area contributed by atoms with Gasteiger partial charge in [0.2, 0.25) is 10.0 Å². The van der Waals surface area contributed by atoms with Crippen LogP contribution in [0.5, 0.6) is 0 Å². The van der Waals surface area contributed by atoms with Crippen molar-refractivity contribution in [3.05, 3.63) is 24.5 Å². The van der Waals surface area contributed by atoms with E-state index in [1.165, 1.54) is 0 Å². The minimum absolute atomic E-state index is 0.120. The van der Waals surface area contributed by atoms with Crippen LogP contribution < -0.4 is 10.0 Å². The Bertz CT molecular complexity index is 418. The highest BCUT2D eigenvalue weighted by molar-refractivity contribution is 7.92. The van der Waals surface area contributed by atoms with Crippen molar-refractivity contribution in [1.29, 1.82) is 0 Å². The molecule has 96 valence electrons. The Kier molecular flexibility index (Phi) is 5.37. The molecule has 2 N–H and O–H groups in total. The Morgan fingerprint density at radius 2 is 1.94 bits per heavy atom. The summed E-state index contributed by atoms with van der Waals surface area (Å²) in [5.41, 5.74) is 0.553. The van der Waals surface area contributed by atoms with Crippen LogP contribution in [0.3, 0.4) is 0 Å². The molecule has 1 rings (SSSR count). The summed E-state index contributed by atoms with van der Waals surface area (Å²) in [6, 6.07) is 3.64. The lowest BCUT2D eigenvalue weighted by atomic mass is 10.4. The van der Waals surface area contributed by atoms with Gasteiger partial charge in [-0.05, 0) is 25.1 Å². The van der Waals surface area contributed by atoms with E-state index in [0.717, 1.165) is 0 Å². The molecule has 1 aromatic heterocycles. The Morgan fingerprint density at radius 3 is 2.53 bits per heavy atom. The van der Waals surface area contributed by atoms with Crippen LogP contribution in [0.2, 0.25) is 0 Å². The van der Waals surface area contributed by atoms with Crippen molar-refractivity contribution in [3.8, 4) is 0 Å². The maximum atomic E-state index is 11.7. The summed E-state index contributed by atoms with van der Waals surface area (Å²) in [7, 11) is -3.25. The van der Waals surface area contributed by atoms with Crippen LogP contribution in [0.15, 0.2) is 24.5 Å². The number of nitrogens with one attached hydrogen (secondary N) is 2. The molecule has 0 aromatic carbocycles. The fourth-order valence-corrected chi connectivity index (χ4v) is 2.43. The molecule has 0 aliphatic heterocycles. The van der Waals surface area contributed by atoms with Gasteiger partial charge in [0.1, 0.15) is 0 Å². The average molecular weight is 257 g/mol. The fourth-order valence-electron chi connectivity index (χ4n) is 1.30. The summed E-state index contributed by atoms with van der Waals surface area (Å²) in [5.74, 6) is 0.120. The molecule has 5 nitrogen and oxygen atoms in total. The summed E-state index contributed by atoms with van der Waals surface area (Å²) >= 11 is 0. The van der Waals surface area contributed by atoms with Crippen molar-refractivity contribution >= 4 is 15.7 Å². The van der Waals surface area contributed by atoms with Crippen LogP contribution >= 0.6 is 0 Å². The molecule has 0 atom stereocenters. The summed E-state index contributed by atoms with van der Waals surface area (Å²) in [6.45, 7) is 4.77. The molecule has 6 heteroatoms. The first-order chi connectivity index (χ1) is 7.99. The van der Waals surface area contributed by atoms with E-state index in [4.69, 9.17) is 0 Å². The molecular formula is C11H19N3O2S. The van der Waals surface area contributed by atoms with Gasteiger partial charge in [-0.25, -0.2) is 8.42 Å². The van der Waals surface area contributed by atoms with E-state index in [-0.39, 0.29) is 5.75 Å². The third-order valence-corrected chi connectivity index (χ3v) is 3.47. The lowest BCUT2D eigenvalue weighted by Gasteiger charge is -2.09. The molecular weight excluding hydrogens is 238 g/mol. The van der Waals surface area contributed by atoms with Crippen LogP contribution in [-0.2, 0) is 10.0 Å². The maximum absolute atomic E-state index is 11.7. The number of aromatic nitrogens is 1. The smallest absolute Gasteiger partial charge is 0.232 e. The van der Waals surface area contributed by atoms with Crippen molar-refractivity contribution in [3.63, 3.8) is 0 Å². The first-order valence-electron chi connectivity index (χ1n) is 5.63. The zero-order chi connectivity index (χ0) is 12.7. The summed E-state index contributed by atoms with van der Waals surface area (Å²) < 4.78 is 25.9. The second-order valence-corrected chi connectivity index (χ2v) is 5.96. The zero-order valence-corrected chi connectivity index (χ0v) is 11.0. The van der Waals surface area contributed by atoms with Gasteiger partial charge in [-0.2, -0.15) is 0 Å². The van der Waals surface area contributed by atoms with Gasteiger partial charge < -0.3 is 5.32 Å². The highest BCUT2D eigenvalue weighted by Gasteiger charge is 2.09. The monoisotopic (exact) mass is 257 g/mol. The molecule has 0 radical (unpaired) electrons. The van der Waals surface area contributed by atoms with Gasteiger partial charge in [0.15, 0.2) is 0 Å². The van der Waals surface area contributed by atoms with E-state index in [1.54, 1.807) is 24.5 Å². The standard InChI is InChI=1S/C11H19N3O2S/c1-10(2)13-6-3-9-17(15,16)14-11-4-7-12-8-5-11/h4-5,7-8,10,13H,3,6,9H2,1-2H3,(H,12,14). The Labute approximate surface area is 103 Å². The number of sulfonamides is 1. The lowest BCUT2D eigenvalue weighted by molar-refractivity contribution is 0.571. The number of hydrogen-bond acceptors (Lipinski definition) is 4. The topological polar surface area (TPSA) is 71.1 Å². The number of hydrogen-bond donors (Lipinski definition) is 2. The predicted octanol–water partition coefficient (Wildman–Crippen LogP) is 1.21. The molecule has 0 spiro atoms. The molecule has 0 aliphatic carbocycles. The van der Waals surface area contributed by atoms with Crippen molar-refractivity contribution in [1.82, 2.24) is 10.3 Å². The van der Waals surface area contributed by atoms with Gasteiger partial charge >= 0.3 is 0 Å². The van der Waals surface area contributed by atoms with Gasteiger partial charge in [-0.1, -0.05) is 13.8 Å². The normalized spacial score (nSPS) is 11.7. The molecule has 0 bridgehead atoms. The van der Waals surface area contributed by atoms with E-state index in [0.29, 0.717) is 24.7 Å². The van der Waals surface area contributed by atoms with Crippen LogP contribution in [-0.4, -0.2) is 31.7 Å². The highest BCUT2D eigenvalue weighted by atomic mass is 32.2. The molecule has 0 amide bonds. The third kappa shape index (κ3) is 6.23. The average Bonchev–Trinajstić information content (AvgIpc) is 2.25. The van der Waals surface area contributed by atoms with Crippen LogP contribution in [0.4, 0.5) is 5.69 Å². The minimum Gasteiger partial charge on any atom is -0.314 e. The van der Waals surface area contributed by atoms with E-state index < -0.39 is 10.0 Å². The molecule has 17 heavy (non-hydrogen) atoms.